The third-order valence-corrected chi connectivity index (χ3v) is 4.17. The van der Waals surface area contributed by atoms with Crippen LogP contribution in [0.5, 0.6) is 0 Å². The smallest absolute Gasteiger partial charge is 0.340 e. The number of ether oxygens (including phenoxy) is 1. The lowest BCUT2D eigenvalue weighted by molar-refractivity contribution is 0.0595. The van der Waals surface area contributed by atoms with E-state index in [0.717, 1.165) is 24.6 Å². The minimum Gasteiger partial charge on any atom is -0.465 e. The summed E-state index contributed by atoms with van der Waals surface area (Å²) in [5.41, 5.74) is 2.00. The number of benzene rings is 3. The first-order valence-electron chi connectivity index (χ1n) is 8.03. The van der Waals surface area contributed by atoms with E-state index < -0.39 is 11.8 Å². The minimum atomic E-state index is -0.829. The van der Waals surface area contributed by atoms with Gasteiger partial charge in [-0.05, 0) is 66.7 Å². The second kappa shape index (κ2) is 8.01. The zero-order valence-corrected chi connectivity index (χ0v) is 15.1. The van der Waals surface area contributed by atoms with Crippen LogP contribution in [0.4, 0.5) is 15.8 Å². The third kappa shape index (κ3) is 4.33. The van der Waals surface area contributed by atoms with E-state index in [9.17, 15) is 14.0 Å². The fourth-order valence-electron chi connectivity index (χ4n) is 2.50. The normalized spacial score (nSPS) is 10.3. The summed E-state index contributed by atoms with van der Waals surface area (Å²) in [6, 6.07) is 17.7. The molecule has 1 N–H and O–H groups in total. The van der Waals surface area contributed by atoms with Crippen molar-refractivity contribution in [1.29, 1.82) is 0 Å². The maximum atomic E-state index is 13.7. The van der Waals surface area contributed by atoms with E-state index in [-0.39, 0.29) is 16.9 Å². The number of hydrogen-bond acceptors (Lipinski definition) is 4. The van der Waals surface area contributed by atoms with E-state index in [2.05, 4.69) is 10.1 Å². The van der Waals surface area contributed by atoms with Gasteiger partial charge in [0.2, 0.25) is 0 Å². The molecule has 0 aliphatic rings. The Kier molecular flexibility index (Phi) is 5.52. The molecule has 0 spiro atoms. The molecule has 0 aromatic heterocycles. The van der Waals surface area contributed by atoms with Crippen molar-refractivity contribution in [3.05, 3.63) is 94.3 Å². The second-order valence-electron chi connectivity index (χ2n) is 5.72. The number of hydrogen-bond donors (Lipinski definition) is 1. The van der Waals surface area contributed by atoms with Crippen LogP contribution in [0.1, 0.15) is 26.3 Å². The fourth-order valence-corrected chi connectivity index (χ4v) is 2.63. The van der Waals surface area contributed by atoms with Gasteiger partial charge in [0.1, 0.15) is 5.82 Å². The predicted molar refractivity (Wildman–Crippen MR) is 102 cm³/mol. The van der Waals surface area contributed by atoms with Crippen LogP contribution >= 0.6 is 11.6 Å². The molecule has 0 aliphatic heterocycles. The Morgan fingerprint density at radius 2 is 1.44 bits per heavy atom. The Bertz CT molecular complexity index is 985. The van der Waals surface area contributed by atoms with Crippen LogP contribution in [0, 0.1) is 5.82 Å². The number of esters is 1. The summed E-state index contributed by atoms with van der Waals surface area (Å²) in [5.74, 6) is -1.89. The molecule has 0 aliphatic carbocycles. The average Bonchev–Trinajstić information content (AvgIpc) is 2.69. The van der Waals surface area contributed by atoms with Gasteiger partial charge in [0, 0.05) is 27.5 Å². The summed E-state index contributed by atoms with van der Waals surface area (Å²) in [5, 5.41) is 3.84. The summed E-state index contributed by atoms with van der Waals surface area (Å²) in [6.45, 7) is 0. The van der Waals surface area contributed by atoms with Gasteiger partial charge in [0.25, 0.3) is 0 Å². The molecular formula is C21H15ClFNO3. The highest BCUT2D eigenvalue weighted by molar-refractivity contribution is 6.30. The van der Waals surface area contributed by atoms with Crippen molar-refractivity contribution in [1.82, 2.24) is 0 Å². The number of halogens is 2. The Labute approximate surface area is 160 Å². The average molecular weight is 384 g/mol. The SMILES string of the molecule is COC(=O)c1cc(C(=O)c2ccc(Nc3ccc(Cl)cc3)cc2)ccc1F. The zero-order chi connectivity index (χ0) is 19.4. The number of ketones is 1. The number of carbonyl (C=O) groups excluding carboxylic acids is 2. The highest BCUT2D eigenvalue weighted by Crippen LogP contribution is 2.21. The van der Waals surface area contributed by atoms with Crippen LogP contribution in [0.3, 0.4) is 0 Å². The van der Waals surface area contributed by atoms with Crippen LogP contribution in [0.2, 0.25) is 5.02 Å². The summed E-state index contributed by atoms with van der Waals surface area (Å²) in [6.07, 6.45) is 0. The zero-order valence-electron chi connectivity index (χ0n) is 14.3. The molecule has 0 bridgehead atoms. The van der Waals surface area contributed by atoms with Crippen LogP contribution in [-0.4, -0.2) is 18.9 Å². The first-order valence-corrected chi connectivity index (χ1v) is 8.41. The molecule has 0 saturated carbocycles. The number of rotatable bonds is 5. The molecule has 6 heteroatoms. The van der Waals surface area contributed by atoms with Crippen molar-refractivity contribution in [2.24, 2.45) is 0 Å². The summed E-state index contributed by atoms with van der Waals surface area (Å²) < 4.78 is 18.3. The van der Waals surface area contributed by atoms with E-state index in [1.165, 1.54) is 12.1 Å². The molecule has 27 heavy (non-hydrogen) atoms. The Morgan fingerprint density at radius 3 is 2.04 bits per heavy atom. The van der Waals surface area contributed by atoms with Gasteiger partial charge in [-0.15, -0.1) is 0 Å². The summed E-state index contributed by atoms with van der Waals surface area (Å²) >= 11 is 5.86. The molecule has 0 unspecified atom stereocenters. The molecule has 0 atom stereocenters. The van der Waals surface area contributed by atoms with Crippen molar-refractivity contribution in [3.8, 4) is 0 Å². The van der Waals surface area contributed by atoms with Crippen molar-refractivity contribution in [2.75, 3.05) is 12.4 Å². The number of nitrogens with one attached hydrogen (secondary N) is 1. The summed E-state index contributed by atoms with van der Waals surface area (Å²) in [4.78, 5) is 24.2. The van der Waals surface area contributed by atoms with Crippen molar-refractivity contribution < 1.29 is 18.7 Å². The molecule has 0 heterocycles. The molecule has 136 valence electrons. The fraction of sp³-hybridized carbons (Fsp3) is 0.0476. The Morgan fingerprint density at radius 1 is 0.889 bits per heavy atom. The first-order chi connectivity index (χ1) is 13.0. The monoisotopic (exact) mass is 383 g/mol. The molecule has 0 saturated heterocycles. The van der Waals surface area contributed by atoms with Gasteiger partial charge >= 0.3 is 5.97 Å². The van der Waals surface area contributed by atoms with Gasteiger partial charge in [-0.2, -0.15) is 0 Å². The van der Waals surface area contributed by atoms with E-state index in [4.69, 9.17) is 11.6 Å². The Balaban J connectivity index is 1.79. The van der Waals surface area contributed by atoms with E-state index in [0.29, 0.717) is 10.6 Å². The standard InChI is InChI=1S/C21H15ClFNO3/c1-27-21(26)18-12-14(4-11-19(18)23)20(25)13-2-7-16(8-3-13)24-17-9-5-15(22)6-10-17/h2-12,24H,1H3. The van der Waals surface area contributed by atoms with Crippen LogP contribution < -0.4 is 5.32 Å². The van der Waals surface area contributed by atoms with Gasteiger partial charge in [-0.3, -0.25) is 4.79 Å². The molecule has 0 fully saturated rings. The van der Waals surface area contributed by atoms with Crippen LogP contribution in [0.25, 0.3) is 0 Å². The molecule has 3 rings (SSSR count). The van der Waals surface area contributed by atoms with Gasteiger partial charge in [-0.25, -0.2) is 9.18 Å². The molecule has 0 amide bonds. The van der Waals surface area contributed by atoms with E-state index in [1.54, 1.807) is 36.4 Å². The number of carbonyl (C=O) groups is 2. The lowest BCUT2D eigenvalue weighted by Gasteiger charge is -2.08. The maximum Gasteiger partial charge on any atom is 0.340 e. The number of methoxy groups -OCH3 is 1. The largest absolute Gasteiger partial charge is 0.465 e. The molecule has 4 nitrogen and oxygen atoms in total. The third-order valence-electron chi connectivity index (χ3n) is 3.91. The lowest BCUT2D eigenvalue weighted by atomic mass is 10.0. The Hall–Kier alpha value is -3.18. The van der Waals surface area contributed by atoms with Crippen molar-refractivity contribution in [2.45, 2.75) is 0 Å². The van der Waals surface area contributed by atoms with Gasteiger partial charge in [-0.1, -0.05) is 11.6 Å². The molecular weight excluding hydrogens is 369 g/mol. The predicted octanol–water partition coefficient (Wildman–Crippen LogP) is 5.24. The maximum absolute atomic E-state index is 13.7. The topological polar surface area (TPSA) is 55.4 Å². The van der Waals surface area contributed by atoms with E-state index >= 15 is 0 Å². The van der Waals surface area contributed by atoms with Gasteiger partial charge in [0.05, 0.1) is 12.7 Å². The highest BCUT2D eigenvalue weighted by Gasteiger charge is 2.16. The number of anilines is 2. The highest BCUT2D eigenvalue weighted by atomic mass is 35.5. The molecule has 3 aromatic rings. The quantitative estimate of drug-likeness (QED) is 0.483. The van der Waals surface area contributed by atoms with E-state index in [1.807, 2.05) is 12.1 Å². The minimum absolute atomic E-state index is 0.204. The molecule has 3 aromatic carbocycles. The van der Waals surface area contributed by atoms with Crippen LogP contribution in [-0.2, 0) is 4.74 Å². The summed E-state index contributed by atoms with van der Waals surface area (Å²) in [7, 11) is 1.16. The van der Waals surface area contributed by atoms with Crippen molar-refractivity contribution >= 4 is 34.7 Å². The molecule has 0 radical (unpaired) electrons. The lowest BCUT2D eigenvalue weighted by Crippen LogP contribution is -2.08. The van der Waals surface area contributed by atoms with Crippen molar-refractivity contribution in [3.63, 3.8) is 0 Å². The van der Waals surface area contributed by atoms with Crippen LogP contribution in [0.15, 0.2) is 66.7 Å². The second-order valence-corrected chi connectivity index (χ2v) is 6.16. The first kappa shape index (κ1) is 18.6. The van der Waals surface area contributed by atoms with Gasteiger partial charge in [0.15, 0.2) is 5.78 Å². The van der Waals surface area contributed by atoms with Gasteiger partial charge < -0.3 is 10.1 Å².